The number of carbonyl (C=O) groups is 1. The molecule has 0 aromatic heterocycles. The van der Waals surface area contributed by atoms with Gasteiger partial charge >= 0.3 is 12.4 Å². The van der Waals surface area contributed by atoms with Gasteiger partial charge in [0.2, 0.25) is 0 Å². The van der Waals surface area contributed by atoms with E-state index in [1.807, 2.05) is 13.8 Å². The standard InChI is InChI=1S/C18H22F6N2O/c1-11(2)26-5-3-4-12(10-26)9-25-16(27)13-6-14(17(19,20)21)8-15(7-13)18(22,23)24/h6-8,11-12H,3-5,9-10H2,1-2H3,(H,25,27). The first-order valence-corrected chi connectivity index (χ1v) is 8.69. The second-order valence-corrected chi connectivity index (χ2v) is 7.10. The van der Waals surface area contributed by atoms with Crippen LogP contribution in [0, 0.1) is 5.92 Å². The van der Waals surface area contributed by atoms with Crippen molar-refractivity contribution >= 4 is 5.91 Å². The fourth-order valence-corrected chi connectivity index (χ4v) is 3.16. The van der Waals surface area contributed by atoms with Crippen LogP contribution in [0.3, 0.4) is 0 Å². The molecular weight excluding hydrogens is 374 g/mol. The van der Waals surface area contributed by atoms with Gasteiger partial charge in [-0.05, 0) is 57.4 Å². The number of benzene rings is 1. The van der Waals surface area contributed by atoms with Crippen LogP contribution in [-0.2, 0) is 12.4 Å². The minimum atomic E-state index is -4.97. The van der Waals surface area contributed by atoms with Crippen LogP contribution in [0.1, 0.15) is 48.2 Å². The molecule has 1 fully saturated rings. The second kappa shape index (κ2) is 8.08. The Bertz CT molecular complexity index is 637. The van der Waals surface area contributed by atoms with Crippen LogP contribution >= 0.6 is 0 Å². The molecule has 1 aliphatic heterocycles. The molecule has 1 N–H and O–H groups in total. The quantitative estimate of drug-likeness (QED) is 0.756. The van der Waals surface area contributed by atoms with Crippen molar-refractivity contribution in [3.63, 3.8) is 0 Å². The van der Waals surface area contributed by atoms with E-state index in [0.717, 1.165) is 25.9 Å². The van der Waals surface area contributed by atoms with Crippen molar-refractivity contribution in [1.82, 2.24) is 10.2 Å². The van der Waals surface area contributed by atoms with Gasteiger partial charge in [0.1, 0.15) is 0 Å². The summed E-state index contributed by atoms with van der Waals surface area (Å²) in [5, 5.41) is 2.49. The van der Waals surface area contributed by atoms with E-state index >= 15 is 0 Å². The minimum absolute atomic E-state index is 0.0123. The molecule has 3 nitrogen and oxygen atoms in total. The van der Waals surface area contributed by atoms with Crippen molar-refractivity contribution in [3.05, 3.63) is 34.9 Å². The summed E-state index contributed by atoms with van der Waals surface area (Å²) in [4.78, 5) is 14.4. The average Bonchev–Trinajstić information content (AvgIpc) is 2.58. The number of alkyl halides is 6. The van der Waals surface area contributed by atoms with E-state index in [4.69, 9.17) is 0 Å². The lowest BCUT2D eigenvalue weighted by Gasteiger charge is -2.35. The molecule has 1 unspecified atom stereocenters. The normalized spacial score (nSPS) is 19.4. The van der Waals surface area contributed by atoms with Crippen LogP contribution in [0.15, 0.2) is 18.2 Å². The SMILES string of the molecule is CC(C)N1CCCC(CNC(=O)c2cc(C(F)(F)F)cc(C(F)(F)F)c2)C1. The van der Waals surface area contributed by atoms with Gasteiger partial charge in [0.05, 0.1) is 11.1 Å². The van der Waals surface area contributed by atoms with E-state index in [9.17, 15) is 31.1 Å². The largest absolute Gasteiger partial charge is 0.416 e. The molecular formula is C18H22F6N2O. The first kappa shape index (κ1) is 21.5. The summed E-state index contributed by atoms with van der Waals surface area (Å²) in [5.74, 6) is -0.828. The molecule has 2 rings (SSSR count). The third kappa shape index (κ3) is 5.85. The number of amides is 1. The lowest BCUT2D eigenvalue weighted by Crippen LogP contribution is -2.43. The molecule has 1 aliphatic rings. The van der Waals surface area contributed by atoms with Gasteiger partial charge in [0.25, 0.3) is 5.91 Å². The second-order valence-electron chi connectivity index (χ2n) is 7.10. The number of likely N-dealkylation sites (tertiary alicyclic amines) is 1. The Morgan fingerprint density at radius 1 is 1.11 bits per heavy atom. The van der Waals surface area contributed by atoms with Crippen molar-refractivity contribution in [2.75, 3.05) is 19.6 Å². The third-order valence-electron chi connectivity index (χ3n) is 4.68. The van der Waals surface area contributed by atoms with Crippen molar-refractivity contribution in [2.45, 2.75) is 45.1 Å². The Hall–Kier alpha value is -1.77. The van der Waals surface area contributed by atoms with Crippen LogP contribution in [0.25, 0.3) is 0 Å². The zero-order chi connectivity index (χ0) is 20.4. The van der Waals surface area contributed by atoms with E-state index in [2.05, 4.69) is 10.2 Å². The molecule has 0 aliphatic carbocycles. The van der Waals surface area contributed by atoms with Gasteiger partial charge < -0.3 is 10.2 Å². The number of nitrogens with zero attached hydrogens (tertiary/aromatic N) is 1. The number of hydrogen-bond donors (Lipinski definition) is 1. The zero-order valence-corrected chi connectivity index (χ0v) is 15.0. The summed E-state index contributed by atoms with van der Waals surface area (Å²) in [6.07, 6.45) is -8.17. The van der Waals surface area contributed by atoms with E-state index in [1.165, 1.54) is 0 Å². The Kier molecular flexibility index (Phi) is 6.44. The highest BCUT2D eigenvalue weighted by atomic mass is 19.4. The minimum Gasteiger partial charge on any atom is -0.352 e. The Morgan fingerprint density at radius 3 is 2.15 bits per heavy atom. The maximum Gasteiger partial charge on any atom is 0.416 e. The lowest BCUT2D eigenvalue weighted by atomic mass is 9.96. The number of rotatable bonds is 4. The van der Waals surface area contributed by atoms with Crippen molar-refractivity contribution in [1.29, 1.82) is 0 Å². The van der Waals surface area contributed by atoms with E-state index in [1.54, 1.807) is 0 Å². The highest BCUT2D eigenvalue weighted by Gasteiger charge is 2.37. The number of nitrogens with one attached hydrogen (secondary N) is 1. The maximum absolute atomic E-state index is 12.9. The predicted octanol–water partition coefficient (Wildman–Crippen LogP) is 4.57. The van der Waals surface area contributed by atoms with Gasteiger partial charge in [0, 0.05) is 24.7 Å². The molecule has 0 radical (unpaired) electrons. The Labute approximate surface area is 153 Å². The summed E-state index contributed by atoms with van der Waals surface area (Å²) in [7, 11) is 0. The summed E-state index contributed by atoms with van der Waals surface area (Å²) in [5.41, 5.74) is -3.63. The van der Waals surface area contributed by atoms with Crippen LogP contribution in [0.5, 0.6) is 0 Å². The summed E-state index contributed by atoms with van der Waals surface area (Å²) in [6, 6.07) is 1.25. The van der Waals surface area contributed by atoms with E-state index in [-0.39, 0.29) is 18.5 Å². The van der Waals surface area contributed by atoms with Crippen LogP contribution in [0.4, 0.5) is 26.3 Å². The Morgan fingerprint density at radius 2 is 1.67 bits per heavy atom. The summed E-state index contributed by atoms with van der Waals surface area (Å²) < 4.78 is 77.3. The highest BCUT2D eigenvalue weighted by Crippen LogP contribution is 2.36. The number of carbonyl (C=O) groups excluding carboxylic acids is 1. The van der Waals surface area contributed by atoms with E-state index in [0.29, 0.717) is 18.2 Å². The highest BCUT2D eigenvalue weighted by molar-refractivity contribution is 5.94. The molecule has 1 saturated heterocycles. The predicted molar refractivity (Wildman–Crippen MR) is 88.2 cm³/mol. The zero-order valence-electron chi connectivity index (χ0n) is 15.0. The lowest BCUT2D eigenvalue weighted by molar-refractivity contribution is -0.143. The van der Waals surface area contributed by atoms with Crippen LogP contribution < -0.4 is 5.32 Å². The molecule has 1 aromatic carbocycles. The van der Waals surface area contributed by atoms with Crippen LogP contribution in [-0.4, -0.2) is 36.5 Å². The molecule has 1 heterocycles. The fraction of sp³-hybridized carbons (Fsp3) is 0.611. The van der Waals surface area contributed by atoms with Gasteiger partial charge in [-0.1, -0.05) is 0 Å². The molecule has 9 heteroatoms. The fourth-order valence-electron chi connectivity index (χ4n) is 3.16. The molecule has 0 bridgehead atoms. The smallest absolute Gasteiger partial charge is 0.352 e. The molecule has 0 saturated carbocycles. The molecule has 1 aromatic rings. The third-order valence-corrected chi connectivity index (χ3v) is 4.68. The average molecular weight is 396 g/mol. The molecule has 0 spiro atoms. The van der Waals surface area contributed by atoms with Gasteiger partial charge in [-0.15, -0.1) is 0 Å². The van der Waals surface area contributed by atoms with Crippen molar-refractivity contribution in [2.24, 2.45) is 5.92 Å². The molecule has 1 atom stereocenters. The first-order valence-electron chi connectivity index (χ1n) is 8.69. The summed E-state index contributed by atoms with van der Waals surface area (Å²) in [6.45, 7) is 5.96. The number of halogens is 6. The summed E-state index contributed by atoms with van der Waals surface area (Å²) >= 11 is 0. The van der Waals surface area contributed by atoms with Gasteiger partial charge in [0.15, 0.2) is 0 Å². The molecule has 27 heavy (non-hydrogen) atoms. The first-order chi connectivity index (χ1) is 12.4. The van der Waals surface area contributed by atoms with Gasteiger partial charge in [-0.3, -0.25) is 4.79 Å². The molecule has 1 amide bonds. The monoisotopic (exact) mass is 396 g/mol. The maximum atomic E-state index is 12.9. The van der Waals surface area contributed by atoms with Gasteiger partial charge in [-0.2, -0.15) is 26.3 Å². The Balaban J connectivity index is 2.13. The number of piperidine rings is 1. The van der Waals surface area contributed by atoms with Crippen LogP contribution in [0.2, 0.25) is 0 Å². The molecule has 152 valence electrons. The van der Waals surface area contributed by atoms with Crippen molar-refractivity contribution < 1.29 is 31.1 Å². The van der Waals surface area contributed by atoms with Gasteiger partial charge in [-0.25, -0.2) is 0 Å². The van der Waals surface area contributed by atoms with E-state index < -0.39 is 35.0 Å². The van der Waals surface area contributed by atoms with Crippen molar-refractivity contribution in [3.8, 4) is 0 Å². The topological polar surface area (TPSA) is 32.3 Å². The number of hydrogen-bond acceptors (Lipinski definition) is 2.